The van der Waals surface area contributed by atoms with E-state index in [2.05, 4.69) is 26.9 Å². The first-order valence-electron chi connectivity index (χ1n) is 11.9. The van der Waals surface area contributed by atoms with Crippen LogP contribution in [0.4, 0.5) is 13.2 Å². The standard InChI is InChI=1S/C26H28ClF3N4O3/c1-4-5-6-13-37-21-12-9-17(15-31-21)22-32-23(34-24(36)33-22)18-14-16(7-10-19(18)27)8-11-20(35)25(2,3)26(28,29)30/h7,9-10,12,14-15H,4-6,8,11,13H2,1-3H3,(H,32,33,34,36). The maximum absolute atomic E-state index is 13.2. The molecule has 7 nitrogen and oxygen atoms in total. The fraction of sp³-hybridized carbons (Fsp3) is 0.423. The lowest BCUT2D eigenvalue weighted by Gasteiger charge is -2.26. The van der Waals surface area contributed by atoms with Crippen LogP contribution in [0.15, 0.2) is 41.3 Å². The predicted molar refractivity (Wildman–Crippen MR) is 135 cm³/mol. The number of carbonyl (C=O) groups excluding carboxylic acids is 1. The van der Waals surface area contributed by atoms with E-state index in [1.54, 1.807) is 24.3 Å². The summed E-state index contributed by atoms with van der Waals surface area (Å²) in [7, 11) is 0. The number of halogens is 4. The Morgan fingerprint density at radius 1 is 1.11 bits per heavy atom. The molecule has 0 aliphatic rings. The molecule has 1 aromatic carbocycles. The minimum absolute atomic E-state index is 0.0638. The summed E-state index contributed by atoms with van der Waals surface area (Å²) in [5.41, 5.74) is -1.70. The summed E-state index contributed by atoms with van der Waals surface area (Å²) in [6.07, 6.45) is -0.313. The number of aryl methyl sites for hydroxylation is 1. The molecular formula is C26H28ClF3N4O3. The third-order valence-corrected chi connectivity index (χ3v) is 6.30. The maximum atomic E-state index is 13.2. The second kappa shape index (κ2) is 11.9. The second-order valence-corrected chi connectivity index (χ2v) is 9.53. The van der Waals surface area contributed by atoms with Crippen LogP contribution in [0.1, 0.15) is 52.0 Å². The van der Waals surface area contributed by atoms with Crippen molar-refractivity contribution in [2.75, 3.05) is 6.61 Å². The van der Waals surface area contributed by atoms with Crippen LogP contribution < -0.4 is 10.4 Å². The van der Waals surface area contributed by atoms with Gasteiger partial charge in [-0.05, 0) is 50.5 Å². The number of hydrogen-bond acceptors (Lipinski definition) is 6. The zero-order valence-electron chi connectivity index (χ0n) is 20.8. The summed E-state index contributed by atoms with van der Waals surface area (Å²) in [4.78, 5) is 39.6. The zero-order chi connectivity index (χ0) is 27.2. The molecule has 0 saturated heterocycles. The molecular weight excluding hydrogens is 509 g/mol. The highest BCUT2D eigenvalue weighted by molar-refractivity contribution is 6.33. The number of nitrogens with one attached hydrogen (secondary N) is 1. The van der Waals surface area contributed by atoms with E-state index in [1.165, 1.54) is 12.3 Å². The number of carbonyl (C=O) groups is 1. The summed E-state index contributed by atoms with van der Waals surface area (Å²) in [6.45, 7) is 4.40. The minimum Gasteiger partial charge on any atom is -0.478 e. The van der Waals surface area contributed by atoms with Crippen molar-refractivity contribution in [1.29, 1.82) is 0 Å². The smallest absolute Gasteiger partial charge is 0.400 e. The molecule has 0 atom stereocenters. The lowest BCUT2D eigenvalue weighted by Crippen LogP contribution is -2.39. The molecule has 0 fully saturated rings. The fourth-order valence-electron chi connectivity index (χ4n) is 3.41. The summed E-state index contributed by atoms with van der Waals surface area (Å²) >= 11 is 6.34. The molecule has 1 N–H and O–H groups in total. The molecule has 0 radical (unpaired) electrons. The van der Waals surface area contributed by atoms with E-state index in [0.29, 0.717) is 29.2 Å². The Morgan fingerprint density at radius 3 is 2.51 bits per heavy atom. The van der Waals surface area contributed by atoms with Crippen LogP contribution in [0.5, 0.6) is 5.88 Å². The van der Waals surface area contributed by atoms with Crippen molar-refractivity contribution in [1.82, 2.24) is 19.9 Å². The second-order valence-electron chi connectivity index (χ2n) is 9.13. The third kappa shape index (κ3) is 7.15. The Bertz CT molecular complexity index is 1290. The quantitative estimate of drug-likeness (QED) is 0.293. The van der Waals surface area contributed by atoms with Crippen molar-refractivity contribution in [3.8, 4) is 28.7 Å². The van der Waals surface area contributed by atoms with E-state index in [9.17, 15) is 22.8 Å². The summed E-state index contributed by atoms with van der Waals surface area (Å²) in [5, 5.41) is 0.264. The maximum Gasteiger partial charge on any atom is 0.400 e. The number of unbranched alkanes of at least 4 members (excludes halogenated alkanes) is 2. The van der Waals surface area contributed by atoms with Gasteiger partial charge in [-0.15, -0.1) is 0 Å². The number of aromatic amines is 1. The number of rotatable bonds is 11. The molecule has 37 heavy (non-hydrogen) atoms. The van der Waals surface area contributed by atoms with Gasteiger partial charge in [0.1, 0.15) is 17.0 Å². The van der Waals surface area contributed by atoms with Crippen molar-refractivity contribution in [2.24, 2.45) is 5.41 Å². The van der Waals surface area contributed by atoms with Crippen LogP contribution in [-0.2, 0) is 11.2 Å². The molecule has 0 unspecified atom stereocenters. The van der Waals surface area contributed by atoms with Crippen molar-refractivity contribution in [2.45, 2.75) is 59.1 Å². The number of ether oxygens (including phenoxy) is 1. The minimum atomic E-state index is -4.64. The molecule has 11 heteroatoms. The molecule has 3 rings (SSSR count). The Morgan fingerprint density at radius 2 is 1.86 bits per heavy atom. The number of pyridine rings is 1. The van der Waals surface area contributed by atoms with Gasteiger partial charge in [-0.3, -0.25) is 9.78 Å². The molecule has 0 saturated carbocycles. The first kappa shape index (κ1) is 28.3. The van der Waals surface area contributed by atoms with Gasteiger partial charge >= 0.3 is 11.9 Å². The van der Waals surface area contributed by atoms with E-state index < -0.39 is 23.1 Å². The highest BCUT2D eigenvalue weighted by Gasteiger charge is 2.51. The van der Waals surface area contributed by atoms with Gasteiger partial charge in [0.25, 0.3) is 0 Å². The van der Waals surface area contributed by atoms with Crippen LogP contribution >= 0.6 is 11.6 Å². The highest BCUT2D eigenvalue weighted by atomic mass is 35.5. The van der Waals surface area contributed by atoms with Crippen molar-refractivity contribution in [3.63, 3.8) is 0 Å². The van der Waals surface area contributed by atoms with Gasteiger partial charge in [0, 0.05) is 29.8 Å². The molecule has 3 aromatic rings. The van der Waals surface area contributed by atoms with Crippen molar-refractivity contribution >= 4 is 17.4 Å². The van der Waals surface area contributed by atoms with Gasteiger partial charge in [-0.25, -0.2) is 14.8 Å². The fourth-order valence-corrected chi connectivity index (χ4v) is 3.61. The first-order chi connectivity index (χ1) is 17.4. The van der Waals surface area contributed by atoms with Gasteiger partial charge in [0.15, 0.2) is 5.82 Å². The van der Waals surface area contributed by atoms with Gasteiger partial charge in [-0.2, -0.15) is 18.2 Å². The number of hydrogen-bond donors (Lipinski definition) is 1. The molecule has 198 valence electrons. The summed E-state index contributed by atoms with van der Waals surface area (Å²) < 4.78 is 45.1. The van der Waals surface area contributed by atoms with E-state index >= 15 is 0 Å². The topological polar surface area (TPSA) is 97.8 Å². The van der Waals surface area contributed by atoms with E-state index in [-0.39, 0.29) is 29.5 Å². The number of aromatic nitrogens is 4. The molecule has 0 aliphatic heterocycles. The van der Waals surface area contributed by atoms with Crippen molar-refractivity contribution < 1.29 is 22.7 Å². The van der Waals surface area contributed by atoms with E-state index in [0.717, 1.165) is 33.1 Å². The molecule has 0 bridgehead atoms. The lowest BCUT2D eigenvalue weighted by molar-refractivity contribution is -0.210. The molecule has 2 heterocycles. The summed E-state index contributed by atoms with van der Waals surface area (Å²) in [5.74, 6) is -0.223. The molecule has 2 aromatic heterocycles. The number of nitrogens with zero attached hydrogens (tertiary/aromatic N) is 3. The average molecular weight is 537 g/mol. The SMILES string of the molecule is CCCCCOc1ccc(-c2nc(-c3cc(CCC(=O)C(C)(C)C(F)(F)F)ccc3Cl)[nH]c(=O)n2)cn1. The Kier molecular flexibility index (Phi) is 9.07. The molecule has 0 spiro atoms. The number of alkyl halides is 3. The Balaban J connectivity index is 1.81. The highest BCUT2D eigenvalue weighted by Crippen LogP contribution is 2.39. The van der Waals surface area contributed by atoms with Crippen LogP contribution in [0.2, 0.25) is 5.02 Å². The van der Waals surface area contributed by atoms with Gasteiger partial charge in [0.05, 0.1) is 11.6 Å². The first-order valence-corrected chi connectivity index (χ1v) is 12.3. The lowest BCUT2D eigenvalue weighted by atomic mass is 9.84. The predicted octanol–water partition coefficient (Wildman–Crippen LogP) is 6.21. The number of benzene rings is 1. The van der Waals surface area contributed by atoms with E-state index in [4.69, 9.17) is 16.3 Å². The zero-order valence-corrected chi connectivity index (χ0v) is 21.5. The molecule has 0 amide bonds. The van der Waals surface area contributed by atoms with Crippen LogP contribution in [-0.4, -0.2) is 38.5 Å². The summed E-state index contributed by atoms with van der Waals surface area (Å²) in [6, 6.07) is 8.09. The van der Waals surface area contributed by atoms with Crippen LogP contribution in [0.25, 0.3) is 22.8 Å². The number of ketones is 1. The van der Waals surface area contributed by atoms with Gasteiger partial charge in [-0.1, -0.05) is 37.4 Å². The molecule has 0 aliphatic carbocycles. The number of H-pyrrole nitrogens is 1. The van der Waals surface area contributed by atoms with Crippen molar-refractivity contribution in [3.05, 3.63) is 57.6 Å². The monoisotopic (exact) mass is 536 g/mol. The average Bonchev–Trinajstić information content (AvgIpc) is 2.85. The van der Waals surface area contributed by atoms with Gasteiger partial charge in [0.2, 0.25) is 5.88 Å². The Hall–Kier alpha value is -3.27. The van der Waals surface area contributed by atoms with Crippen LogP contribution in [0.3, 0.4) is 0 Å². The normalized spacial score (nSPS) is 12.0. The third-order valence-electron chi connectivity index (χ3n) is 5.98. The van der Waals surface area contributed by atoms with Gasteiger partial charge < -0.3 is 4.74 Å². The van der Waals surface area contributed by atoms with E-state index in [1.807, 2.05) is 0 Å². The largest absolute Gasteiger partial charge is 0.478 e. The van der Waals surface area contributed by atoms with Crippen LogP contribution in [0, 0.1) is 5.41 Å². The Labute approximate surface area is 217 Å². The number of Topliss-reactive ketones (excluding diaryl/α,β-unsaturated/α-hetero) is 1.